The minimum absolute atomic E-state index is 0.252. The van der Waals surface area contributed by atoms with E-state index in [0.29, 0.717) is 12.3 Å². The Morgan fingerprint density at radius 2 is 2.00 bits per heavy atom. The van der Waals surface area contributed by atoms with Gasteiger partial charge in [0.2, 0.25) is 5.91 Å². The average Bonchev–Trinajstić information content (AvgIpc) is 3.23. The molecule has 0 radical (unpaired) electrons. The van der Waals surface area contributed by atoms with Gasteiger partial charge in [-0.3, -0.25) is 4.79 Å². The van der Waals surface area contributed by atoms with Crippen molar-refractivity contribution >= 4 is 11.6 Å². The van der Waals surface area contributed by atoms with Crippen LogP contribution in [0.2, 0.25) is 0 Å². The first-order valence-corrected chi connectivity index (χ1v) is 7.73. The number of nitrogen functional groups attached to an aromatic ring is 1. The molecule has 0 aliphatic heterocycles. The summed E-state index contributed by atoms with van der Waals surface area (Å²) in [6.07, 6.45) is 4.22. The van der Waals surface area contributed by atoms with Crippen LogP contribution in [0.4, 0.5) is 5.69 Å². The molecular weight excluding hydrogens is 248 g/mol. The van der Waals surface area contributed by atoms with Gasteiger partial charge in [-0.15, -0.1) is 0 Å². The van der Waals surface area contributed by atoms with Crippen molar-refractivity contribution < 1.29 is 4.79 Å². The molecule has 0 saturated heterocycles. The first-order chi connectivity index (χ1) is 9.60. The van der Waals surface area contributed by atoms with E-state index in [9.17, 15) is 4.79 Å². The molecular formula is C17H26N2O. The third-order valence-electron chi connectivity index (χ3n) is 4.01. The Morgan fingerprint density at radius 3 is 2.55 bits per heavy atom. The van der Waals surface area contributed by atoms with Gasteiger partial charge < -0.3 is 10.6 Å². The number of benzene rings is 1. The Balaban J connectivity index is 1.91. The van der Waals surface area contributed by atoms with E-state index in [4.69, 9.17) is 5.73 Å². The summed E-state index contributed by atoms with van der Waals surface area (Å²) in [5.74, 6) is 1.31. The van der Waals surface area contributed by atoms with Crippen molar-refractivity contribution in [1.29, 1.82) is 0 Å². The molecule has 2 N–H and O–H groups in total. The van der Waals surface area contributed by atoms with Crippen molar-refractivity contribution in [3.63, 3.8) is 0 Å². The second kappa shape index (κ2) is 6.78. The molecule has 0 spiro atoms. The van der Waals surface area contributed by atoms with Crippen LogP contribution in [0, 0.1) is 5.92 Å². The molecule has 0 heterocycles. The summed E-state index contributed by atoms with van der Waals surface area (Å²) in [6.45, 7) is 6.10. The number of rotatable bonds is 7. The number of nitrogens with two attached hydrogens (primary N) is 1. The molecule has 1 aliphatic rings. The lowest BCUT2D eigenvalue weighted by Crippen LogP contribution is -2.34. The number of hydrogen-bond acceptors (Lipinski definition) is 2. The molecule has 1 fully saturated rings. The molecule has 1 aromatic carbocycles. The van der Waals surface area contributed by atoms with Crippen LogP contribution in [-0.2, 0) is 4.79 Å². The molecule has 1 aromatic rings. The van der Waals surface area contributed by atoms with Crippen LogP contribution in [0.25, 0.3) is 0 Å². The lowest BCUT2D eigenvalue weighted by molar-refractivity contribution is -0.131. The number of anilines is 1. The standard InChI is InChI=1S/C17H26N2O/c1-3-10-19(12-14-4-5-14)17(20)11-13(2)15-6-8-16(18)9-7-15/h6-9,13-14H,3-5,10-12,18H2,1-2H3. The molecule has 1 amide bonds. The number of carbonyl (C=O) groups excluding carboxylic acids is 1. The molecule has 1 aliphatic carbocycles. The Hall–Kier alpha value is -1.51. The van der Waals surface area contributed by atoms with Crippen LogP contribution >= 0.6 is 0 Å². The molecule has 0 aromatic heterocycles. The molecule has 20 heavy (non-hydrogen) atoms. The fraction of sp³-hybridized carbons (Fsp3) is 0.588. The molecule has 3 heteroatoms. The largest absolute Gasteiger partial charge is 0.399 e. The van der Waals surface area contributed by atoms with E-state index < -0.39 is 0 Å². The maximum absolute atomic E-state index is 12.4. The monoisotopic (exact) mass is 274 g/mol. The van der Waals surface area contributed by atoms with Crippen molar-refractivity contribution in [2.75, 3.05) is 18.8 Å². The number of nitrogens with zero attached hydrogens (tertiary/aromatic N) is 1. The Morgan fingerprint density at radius 1 is 1.35 bits per heavy atom. The van der Waals surface area contributed by atoms with Gasteiger partial charge >= 0.3 is 0 Å². The van der Waals surface area contributed by atoms with Crippen LogP contribution in [0.3, 0.4) is 0 Å². The molecule has 110 valence electrons. The molecule has 1 saturated carbocycles. The van der Waals surface area contributed by atoms with E-state index in [1.165, 1.54) is 18.4 Å². The van der Waals surface area contributed by atoms with Gasteiger partial charge in [0.1, 0.15) is 0 Å². The van der Waals surface area contributed by atoms with Gasteiger partial charge in [-0.05, 0) is 48.8 Å². The highest BCUT2D eigenvalue weighted by atomic mass is 16.2. The van der Waals surface area contributed by atoms with Gasteiger partial charge in [-0.1, -0.05) is 26.0 Å². The fourth-order valence-corrected chi connectivity index (χ4v) is 2.53. The lowest BCUT2D eigenvalue weighted by Gasteiger charge is -2.24. The smallest absolute Gasteiger partial charge is 0.223 e. The van der Waals surface area contributed by atoms with Gasteiger partial charge in [0.05, 0.1) is 0 Å². The predicted molar refractivity (Wildman–Crippen MR) is 83.5 cm³/mol. The third kappa shape index (κ3) is 4.26. The van der Waals surface area contributed by atoms with Crippen molar-refractivity contribution in [3.05, 3.63) is 29.8 Å². The average molecular weight is 274 g/mol. The van der Waals surface area contributed by atoms with Crippen molar-refractivity contribution in [3.8, 4) is 0 Å². The SMILES string of the molecule is CCCN(CC1CC1)C(=O)CC(C)c1ccc(N)cc1. The van der Waals surface area contributed by atoms with Crippen LogP contribution in [-0.4, -0.2) is 23.9 Å². The molecule has 0 bridgehead atoms. The first kappa shape index (κ1) is 14.9. The van der Waals surface area contributed by atoms with Crippen molar-refractivity contribution in [2.24, 2.45) is 5.92 Å². The predicted octanol–water partition coefficient (Wildman–Crippen LogP) is 3.41. The second-order valence-corrected chi connectivity index (χ2v) is 6.05. The highest BCUT2D eigenvalue weighted by Crippen LogP contribution is 2.30. The molecule has 3 nitrogen and oxygen atoms in total. The van der Waals surface area contributed by atoms with Crippen LogP contribution in [0.1, 0.15) is 51.0 Å². The summed E-state index contributed by atoms with van der Waals surface area (Å²) in [5, 5.41) is 0. The Kier molecular flexibility index (Phi) is 5.05. The second-order valence-electron chi connectivity index (χ2n) is 6.05. The summed E-state index contributed by atoms with van der Waals surface area (Å²) in [6, 6.07) is 7.87. The molecule has 1 unspecified atom stereocenters. The van der Waals surface area contributed by atoms with Crippen LogP contribution in [0.5, 0.6) is 0 Å². The van der Waals surface area contributed by atoms with Gasteiger partial charge in [-0.25, -0.2) is 0 Å². The summed E-state index contributed by atoms with van der Waals surface area (Å²) in [5.41, 5.74) is 7.66. The first-order valence-electron chi connectivity index (χ1n) is 7.73. The zero-order valence-corrected chi connectivity index (χ0v) is 12.6. The molecule has 1 atom stereocenters. The van der Waals surface area contributed by atoms with Gasteiger partial charge in [0, 0.05) is 25.2 Å². The van der Waals surface area contributed by atoms with E-state index in [1.807, 2.05) is 24.3 Å². The maximum atomic E-state index is 12.4. The zero-order chi connectivity index (χ0) is 14.5. The third-order valence-corrected chi connectivity index (χ3v) is 4.01. The van der Waals surface area contributed by atoms with E-state index in [0.717, 1.165) is 31.1 Å². The van der Waals surface area contributed by atoms with Crippen LogP contribution in [0.15, 0.2) is 24.3 Å². The number of amides is 1. The number of carbonyl (C=O) groups is 1. The maximum Gasteiger partial charge on any atom is 0.223 e. The topological polar surface area (TPSA) is 46.3 Å². The van der Waals surface area contributed by atoms with E-state index in [2.05, 4.69) is 18.7 Å². The minimum Gasteiger partial charge on any atom is -0.399 e. The molecule has 2 rings (SSSR count). The quantitative estimate of drug-likeness (QED) is 0.774. The summed E-state index contributed by atoms with van der Waals surface area (Å²) in [7, 11) is 0. The van der Waals surface area contributed by atoms with Crippen LogP contribution < -0.4 is 5.73 Å². The van der Waals surface area contributed by atoms with Gasteiger partial charge in [0.15, 0.2) is 0 Å². The normalized spacial score (nSPS) is 15.9. The summed E-state index contributed by atoms with van der Waals surface area (Å²) < 4.78 is 0. The fourth-order valence-electron chi connectivity index (χ4n) is 2.53. The Labute approximate surface area is 122 Å². The Bertz CT molecular complexity index is 437. The van der Waals surface area contributed by atoms with Crippen molar-refractivity contribution in [1.82, 2.24) is 4.90 Å². The van der Waals surface area contributed by atoms with Gasteiger partial charge in [0.25, 0.3) is 0 Å². The summed E-state index contributed by atoms with van der Waals surface area (Å²) >= 11 is 0. The minimum atomic E-state index is 0.252. The van der Waals surface area contributed by atoms with E-state index in [1.54, 1.807) is 0 Å². The van der Waals surface area contributed by atoms with E-state index in [-0.39, 0.29) is 5.92 Å². The lowest BCUT2D eigenvalue weighted by atomic mass is 9.97. The summed E-state index contributed by atoms with van der Waals surface area (Å²) in [4.78, 5) is 14.5. The van der Waals surface area contributed by atoms with Crippen molar-refractivity contribution in [2.45, 2.75) is 45.4 Å². The van der Waals surface area contributed by atoms with E-state index >= 15 is 0 Å². The zero-order valence-electron chi connectivity index (χ0n) is 12.6. The van der Waals surface area contributed by atoms with Gasteiger partial charge in [-0.2, -0.15) is 0 Å². The highest BCUT2D eigenvalue weighted by Gasteiger charge is 2.26. The highest BCUT2D eigenvalue weighted by molar-refractivity contribution is 5.77. The number of hydrogen-bond donors (Lipinski definition) is 1.